The fraction of sp³-hybridized carbons (Fsp3) is 0.0137. The molecule has 11 aromatic carbocycles. The second-order valence-electron chi connectivity index (χ2n) is 20.2. The summed E-state index contributed by atoms with van der Waals surface area (Å²) in [5.74, 6) is 3.77. The van der Waals surface area contributed by atoms with Gasteiger partial charge in [-0.15, -0.1) is 0 Å². The van der Waals surface area contributed by atoms with Gasteiger partial charge in [0.05, 0.1) is 16.8 Å². The molecule has 15 rings (SSSR count). The Balaban J connectivity index is 0.880. The van der Waals surface area contributed by atoms with Crippen LogP contribution in [-0.2, 0) is 5.41 Å². The van der Waals surface area contributed by atoms with Crippen LogP contribution in [0.4, 0.5) is 17.1 Å². The van der Waals surface area contributed by atoms with Gasteiger partial charge >= 0.3 is 0 Å². The van der Waals surface area contributed by atoms with Crippen LogP contribution in [-0.4, -0.2) is 29.9 Å². The Hall–Kier alpha value is -10.8. The number of benzene rings is 11. The molecule has 0 atom stereocenters. The van der Waals surface area contributed by atoms with Gasteiger partial charge in [-0.3, -0.25) is 0 Å². The SMILES string of the molecule is c1ccc(-c2nc(-c3ccccc3)nc(-c3ccc(-c4ccc5c(c4)C4(c6ccccc6-c6ccccc64)c4cc(-c6ccc(-c7nc(-c8ccccc8)nc(-c8ccccc8)n7)cc6)ccc4N5c4ccccc4)cc3)n2)cc1. The minimum atomic E-state index is -0.686. The third-order valence-corrected chi connectivity index (χ3v) is 15.6. The number of nitrogens with zero attached hydrogens (tertiary/aromatic N) is 7. The zero-order valence-electron chi connectivity index (χ0n) is 43.3. The maximum Gasteiger partial charge on any atom is 0.164 e. The number of fused-ring (bicyclic) bond motifs is 9. The van der Waals surface area contributed by atoms with Gasteiger partial charge in [0.25, 0.3) is 0 Å². The molecule has 1 aliphatic heterocycles. The quantitative estimate of drug-likeness (QED) is 0.142. The van der Waals surface area contributed by atoms with Crippen LogP contribution in [0.3, 0.4) is 0 Å². The standard InChI is InChI=1S/C73H47N7/c1-6-20-50(21-7-1)67-74-68(51-22-8-2-9-23-51)77-71(76-67)54-38-34-48(35-39-54)56-42-44-65-63(46-56)73(61-32-18-16-30-59(61)60-31-17-19-33-62(60)73)64-47-57(43-45-66(64)80(65)58-28-14-5-15-29-58)49-36-40-55(41-37-49)72-78-69(52-24-10-3-11-25-52)75-70(79-72)53-26-12-4-13-27-53/h1-47H. The molecule has 1 aliphatic carbocycles. The van der Waals surface area contributed by atoms with Crippen molar-refractivity contribution in [2.75, 3.05) is 4.90 Å². The fourth-order valence-corrected chi connectivity index (χ4v) is 11.9. The molecule has 3 heterocycles. The number of aromatic nitrogens is 6. The predicted molar refractivity (Wildman–Crippen MR) is 322 cm³/mol. The Bertz CT molecular complexity index is 4050. The third kappa shape index (κ3) is 7.90. The summed E-state index contributed by atoms with van der Waals surface area (Å²) in [4.78, 5) is 32.5. The normalized spacial score (nSPS) is 12.6. The van der Waals surface area contributed by atoms with E-state index in [2.05, 4.69) is 169 Å². The summed E-state index contributed by atoms with van der Waals surface area (Å²) in [5.41, 5.74) is 20.0. The summed E-state index contributed by atoms with van der Waals surface area (Å²) in [6.45, 7) is 0. The number of hydrogen-bond donors (Lipinski definition) is 0. The molecule has 80 heavy (non-hydrogen) atoms. The molecule has 0 amide bonds. The molecule has 7 nitrogen and oxygen atoms in total. The Labute approximate surface area is 464 Å². The molecule has 7 heteroatoms. The lowest BCUT2D eigenvalue weighted by molar-refractivity contribution is 0.753. The molecule has 13 aromatic rings. The van der Waals surface area contributed by atoms with Crippen molar-refractivity contribution >= 4 is 17.1 Å². The first-order chi connectivity index (χ1) is 39.6. The lowest BCUT2D eigenvalue weighted by Crippen LogP contribution is -2.36. The molecule has 0 fully saturated rings. The average Bonchev–Trinajstić information content (AvgIpc) is 3.60. The second kappa shape index (κ2) is 19.4. The smallest absolute Gasteiger partial charge is 0.164 e. The molecule has 0 saturated heterocycles. The summed E-state index contributed by atoms with van der Waals surface area (Å²) in [5, 5.41) is 0. The van der Waals surface area contributed by atoms with Gasteiger partial charge < -0.3 is 4.90 Å². The van der Waals surface area contributed by atoms with Crippen molar-refractivity contribution in [3.8, 4) is 102 Å². The van der Waals surface area contributed by atoms with Crippen molar-refractivity contribution in [2.24, 2.45) is 0 Å². The van der Waals surface area contributed by atoms with E-state index in [1.165, 1.54) is 33.4 Å². The summed E-state index contributed by atoms with van der Waals surface area (Å²) in [6.07, 6.45) is 0. The summed E-state index contributed by atoms with van der Waals surface area (Å²) >= 11 is 0. The first-order valence-corrected chi connectivity index (χ1v) is 26.9. The Morgan fingerprint density at radius 2 is 0.475 bits per heavy atom. The van der Waals surface area contributed by atoms with Crippen LogP contribution in [0.2, 0.25) is 0 Å². The molecule has 0 N–H and O–H groups in total. The van der Waals surface area contributed by atoms with E-state index in [0.717, 1.165) is 72.7 Å². The largest absolute Gasteiger partial charge is 0.310 e. The molecule has 0 saturated carbocycles. The minimum Gasteiger partial charge on any atom is -0.310 e. The van der Waals surface area contributed by atoms with E-state index in [0.29, 0.717) is 34.9 Å². The summed E-state index contributed by atoms with van der Waals surface area (Å²) < 4.78 is 0. The zero-order chi connectivity index (χ0) is 53.0. The minimum absolute atomic E-state index is 0.619. The van der Waals surface area contributed by atoms with E-state index in [9.17, 15) is 0 Å². The van der Waals surface area contributed by atoms with Gasteiger partial charge in [-0.1, -0.05) is 249 Å². The van der Waals surface area contributed by atoms with E-state index >= 15 is 0 Å². The predicted octanol–water partition coefficient (Wildman–Crippen LogP) is 17.5. The van der Waals surface area contributed by atoms with Gasteiger partial charge in [0.15, 0.2) is 34.9 Å². The topological polar surface area (TPSA) is 80.6 Å². The van der Waals surface area contributed by atoms with Crippen molar-refractivity contribution in [3.63, 3.8) is 0 Å². The number of hydrogen-bond acceptors (Lipinski definition) is 7. The highest BCUT2D eigenvalue weighted by atomic mass is 15.2. The number of rotatable bonds is 9. The maximum atomic E-state index is 5.05. The number of anilines is 3. The van der Waals surface area contributed by atoms with Gasteiger partial charge in [0, 0.05) is 39.1 Å². The third-order valence-electron chi connectivity index (χ3n) is 15.6. The zero-order valence-corrected chi connectivity index (χ0v) is 43.3. The molecule has 2 aromatic heterocycles. The maximum absolute atomic E-state index is 5.05. The molecule has 374 valence electrons. The monoisotopic (exact) mass is 1020 g/mol. The van der Waals surface area contributed by atoms with Gasteiger partial charge in [-0.05, 0) is 92.0 Å². The highest BCUT2D eigenvalue weighted by Crippen LogP contribution is 2.64. The molecule has 1 spiro atoms. The fourth-order valence-electron chi connectivity index (χ4n) is 11.9. The lowest BCUT2D eigenvalue weighted by atomic mass is 9.64. The Kier molecular flexibility index (Phi) is 11.3. The molecular formula is C73H47N7. The lowest BCUT2D eigenvalue weighted by Gasteiger charge is -2.45. The van der Waals surface area contributed by atoms with Gasteiger partial charge in [0.2, 0.25) is 0 Å². The van der Waals surface area contributed by atoms with Crippen LogP contribution < -0.4 is 4.90 Å². The van der Waals surface area contributed by atoms with Crippen molar-refractivity contribution in [1.29, 1.82) is 0 Å². The second-order valence-corrected chi connectivity index (χ2v) is 20.2. The van der Waals surface area contributed by atoms with E-state index in [4.69, 9.17) is 29.9 Å². The molecule has 0 radical (unpaired) electrons. The first kappa shape index (κ1) is 46.5. The highest BCUT2D eigenvalue weighted by Gasteiger charge is 2.52. The van der Waals surface area contributed by atoms with Crippen LogP contribution in [0.25, 0.3) is 102 Å². The molecular weight excluding hydrogens is 975 g/mol. The van der Waals surface area contributed by atoms with Crippen LogP contribution in [0, 0.1) is 0 Å². The summed E-state index contributed by atoms with van der Waals surface area (Å²) in [6, 6.07) is 101. The van der Waals surface area contributed by atoms with Gasteiger partial charge in [0.1, 0.15) is 0 Å². The number of para-hydroxylation sites is 1. The van der Waals surface area contributed by atoms with E-state index in [-0.39, 0.29) is 0 Å². The van der Waals surface area contributed by atoms with Gasteiger partial charge in [-0.2, -0.15) is 0 Å². The van der Waals surface area contributed by atoms with Gasteiger partial charge in [-0.25, -0.2) is 29.9 Å². The van der Waals surface area contributed by atoms with Crippen molar-refractivity contribution in [2.45, 2.75) is 5.41 Å². The van der Waals surface area contributed by atoms with Crippen LogP contribution in [0.1, 0.15) is 22.3 Å². The van der Waals surface area contributed by atoms with E-state index < -0.39 is 5.41 Å². The van der Waals surface area contributed by atoms with E-state index in [1.807, 2.05) is 121 Å². The van der Waals surface area contributed by atoms with Crippen LogP contribution >= 0.6 is 0 Å². The Morgan fingerprint density at radius 1 is 0.212 bits per heavy atom. The summed E-state index contributed by atoms with van der Waals surface area (Å²) in [7, 11) is 0. The Morgan fingerprint density at radius 3 is 0.812 bits per heavy atom. The average molecular weight is 1020 g/mol. The van der Waals surface area contributed by atoms with E-state index in [1.54, 1.807) is 0 Å². The van der Waals surface area contributed by atoms with Crippen LogP contribution in [0.15, 0.2) is 285 Å². The highest BCUT2D eigenvalue weighted by molar-refractivity contribution is 5.97. The first-order valence-electron chi connectivity index (χ1n) is 26.9. The van der Waals surface area contributed by atoms with Crippen molar-refractivity contribution < 1.29 is 0 Å². The van der Waals surface area contributed by atoms with Crippen molar-refractivity contribution in [3.05, 3.63) is 307 Å². The molecule has 0 unspecified atom stereocenters. The molecule has 2 aliphatic rings. The van der Waals surface area contributed by atoms with Crippen LogP contribution in [0.5, 0.6) is 0 Å². The molecule has 0 bridgehead atoms. The van der Waals surface area contributed by atoms with Crippen molar-refractivity contribution in [1.82, 2.24) is 29.9 Å².